The quantitative estimate of drug-likeness (QED) is 0.207. The molecule has 26 heavy (non-hydrogen) atoms. The molecular formula is C18H25NO6S. The minimum Gasteiger partial charge on any atom is -0.478 e. The molecule has 0 unspecified atom stereocenters. The van der Waals surface area contributed by atoms with Gasteiger partial charge in [0.25, 0.3) is 5.69 Å². The molecule has 1 aromatic carbocycles. The molecule has 0 aliphatic carbocycles. The van der Waals surface area contributed by atoms with Crippen LogP contribution >= 0.6 is 11.8 Å². The number of rotatable bonds is 13. The molecule has 0 heterocycles. The fraction of sp³-hybridized carbons (Fsp3) is 0.556. The van der Waals surface area contributed by atoms with Gasteiger partial charge in [-0.1, -0.05) is 51.9 Å². The van der Waals surface area contributed by atoms with E-state index in [1.165, 1.54) is 32.1 Å². The number of carbonyl (C=O) groups is 2. The number of thioether (sulfide) groups is 1. The third-order valence-corrected chi connectivity index (χ3v) is 5.12. The first kappa shape index (κ1) is 22.0. The molecule has 1 aromatic rings. The van der Waals surface area contributed by atoms with Crippen LogP contribution in [0.3, 0.4) is 0 Å². The number of nitrogens with zero attached hydrogens (tertiary/aromatic N) is 1. The highest BCUT2D eigenvalue weighted by atomic mass is 32.2. The van der Waals surface area contributed by atoms with Gasteiger partial charge < -0.3 is 10.2 Å². The molecule has 2 N–H and O–H groups in total. The first-order valence-electron chi connectivity index (χ1n) is 8.80. The molecule has 0 atom stereocenters. The van der Waals surface area contributed by atoms with E-state index in [2.05, 4.69) is 6.92 Å². The lowest BCUT2D eigenvalue weighted by molar-refractivity contribution is -0.385. The van der Waals surface area contributed by atoms with E-state index in [0.717, 1.165) is 43.2 Å². The second-order valence-electron chi connectivity index (χ2n) is 6.06. The number of carboxylic acids is 2. The van der Waals surface area contributed by atoms with Crippen molar-refractivity contribution in [1.82, 2.24) is 0 Å². The van der Waals surface area contributed by atoms with Crippen molar-refractivity contribution in [3.05, 3.63) is 33.4 Å². The maximum absolute atomic E-state index is 11.4. The van der Waals surface area contributed by atoms with Crippen LogP contribution in [0.5, 0.6) is 0 Å². The Labute approximate surface area is 156 Å². The summed E-state index contributed by atoms with van der Waals surface area (Å²) in [4.78, 5) is 33.1. The zero-order valence-corrected chi connectivity index (χ0v) is 15.7. The van der Waals surface area contributed by atoms with Crippen LogP contribution in [0.2, 0.25) is 0 Å². The van der Waals surface area contributed by atoms with Crippen molar-refractivity contribution >= 4 is 29.4 Å². The van der Waals surface area contributed by atoms with E-state index in [0.29, 0.717) is 5.75 Å². The number of carboxylic acid groups (broad SMARTS) is 2. The molecule has 0 amide bonds. The third kappa shape index (κ3) is 7.03. The summed E-state index contributed by atoms with van der Waals surface area (Å²) in [6.07, 6.45) is 9.06. The summed E-state index contributed by atoms with van der Waals surface area (Å²) in [5.74, 6) is -2.29. The number of hydrogen-bond acceptors (Lipinski definition) is 5. The highest BCUT2D eigenvalue weighted by Crippen LogP contribution is 2.31. The summed E-state index contributed by atoms with van der Waals surface area (Å²) >= 11 is 1.16. The van der Waals surface area contributed by atoms with Crippen LogP contribution in [0.4, 0.5) is 5.69 Å². The predicted octanol–water partition coefficient (Wildman–Crippen LogP) is 5.22. The van der Waals surface area contributed by atoms with Gasteiger partial charge in [0.15, 0.2) is 0 Å². The van der Waals surface area contributed by atoms with Crippen molar-refractivity contribution in [2.45, 2.75) is 63.2 Å². The number of aromatic carboxylic acids is 2. The van der Waals surface area contributed by atoms with Gasteiger partial charge >= 0.3 is 11.9 Å². The monoisotopic (exact) mass is 383 g/mol. The van der Waals surface area contributed by atoms with Crippen LogP contribution in [0, 0.1) is 10.1 Å². The summed E-state index contributed by atoms with van der Waals surface area (Å²) in [5, 5.41) is 29.5. The average molecular weight is 383 g/mol. The Bertz CT molecular complexity index is 647. The summed E-state index contributed by atoms with van der Waals surface area (Å²) in [6.45, 7) is 2.17. The minimum absolute atomic E-state index is 0.132. The zero-order chi connectivity index (χ0) is 19.5. The number of hydrogen-bond donors (Lipinski definition) is 2. The Morgan fingerprint density at radius 3 is 2.08 bits per heavy atom. The van der Waals surface area contributed by atoms with Gasteiger partial charge in [-0.3, -0.25) is 10.1 Å². The van der Waals surface area contributed by atoms with Crippen molar-refractivity contribution in [3.63, 3.8) is 0 Å². The van der Waals surface area contributed by atoms with Gasteiger partial charge in [0.05, 0.1) is 16.1 Å². The molecule has 0 aromatic heterocycles. The van der Waals surface area contributed by atoms with Gasteiger partial charge in [-0.05, 0) is 12.2 Å². The second kappa shape index (κ2) is 11.5. The molecule has 8 heteroatoms. The molecule has 1 rings (SSSR count). The third-order valence-electron chi connectivity index (χ3n) is 4.00. The van der Waals surface area contributed by atoms with Crippen molar-refractivity contribution in [2.75, 3.05) is 5.75 Å². The maximum Gasteiger partial charge on any atom is 0.337 e. The van der Waals surface area contributed by atoms with Gasteiger partial charge in [-0.25, -0.2) is 9.59 Å². The highest BCUT2D eigenvalue weighted by molar-refractivity contribution is 7.99. The van der Waals surface area contributed by atoms with Crippen molar-refractivity contribution in [3.8, 4) is 0 Å². The van der Waals surface area contributed by atoms with Crippen LogP contribution in [0.25, 0.3) is 0 Å². The van der Waals surface area contributed by atoms with Crippen LogP contribution < -0.4 is 0 Å². The molecule has 0 bridgehead atoms. The standard InChI is InChI=1S/C18H25NO6S/c1-2-3-4-5-6-7-8-9-10-26-15-12-13(19(24)25)11-14(17(20)21)16(15)18(22)23/h11-12H,2-10H2,1H3,(H,20,21)(H,22,23). The van der Waals surface area contributed by atoms with Crippen LogP contribution in [-0.2, 0) is 0 Å². The number of unbranched alkanes of at least 4 members (excludes halogenated alkanes) is 7. The average Bonchev–Trinajstić information content (AvgIpc) is 2.59. The van der Waals surface area contributed by atoms with E-state index in [-0.39, 0.29) is 10.5 Å². The van der Waals surface area contributed by atoms with E-state index in [1.807, 2.05) is 0 Å². The largest absolute Gasteiger partial charge is 0.478 e. The van der Waals surface area contributed by atoms with Gasteiger partial charge in [0, 0.05) is 17.0 Å². The summed E-state index contributed by atoms with van der Waals surface area (Å²) in [6, 6.07) is 1.94. The molecule has 0 fully saturated rings. The minimum atomic E-state index is -1.49. The molecular weight excluding hydrogens is 358 g/mol. The molecule has 0 saturated carbocycles. The van der Waals surface area contributed by atoms with Crippen molar-refractivity contribution in [1.29, 1.82) is 0 Å². The number of non-ortho nitro benzene ring substituents is 1. The van der Waals surface area contributed by atoms with E-state index in [4.69, 9.17) is 0 Å². The van der Waals surface area contributed by atoms with E-state index in [1.54, 1.807) is 0 Å². The Morgan fingerprint density at radius 1 is 1.00 bits per heavy atom. The lowest BCUT2D eigenvalue weighted by Gasteiger charge is -2.09. The maximum atomic E-state index is 11.4. The van der Waals surface area contributed by atoms with Crippen LogP contribution in [0.15, 0.2) is 17.0 Å². The summed E-state index contributed by atoms with van der Waals surface area (Å²) in [5.41, 5.74) is -1.34. The Balaban J connectivity index is 2.68. The Morgan fingerprint density at radius 2 is 1.58 bits per heavy atom. The first-order valence-corrected chi connectivity index (χ1v) is 9.78. The first-order chi connectivity index (χ1) is 12.4. The lowest BCUT2D eigenvalue weighted by atomic mass is 10.1. The molecule has 0 radical (unpaired) electrons. The van der Waals surface area contributed by atoms with E-state index in [9.17, 15) is 29.9 Å². The molecule has 0 aliphatic rings. The summed E-state index contributed by atoms with van der Waals surface area (Å²) < 4.78 is 0. The smallest absolute Gasteiger partial charge is 0.337 e. The fourth-order valence-corrected chi connectivity index (χ4v) is 3.74. The Hall–Kier alpha value is -2.09. The van der Waals surface area contributed by atoms with Gasteiger partial charge in [0.2, 0.25) is 0 Å². The molecule has 7 nitrogen and oxygen atoms in total. The van der Waals surface area contributed by atoms with Crippen LogP contribution in [0.1, 0.15) is 79.0 Å². The SMILES string of the molecule is CCCCCCCCCCSc1cc([N+](=O)[O-])cc(C(=O)O)c1C(=O)O. The topological polar surface area (TPSA) is 118 Å². The lowest BCUT2D eigenvalue weighted by Crippen LogP contribution is -2.11. The van der Waals surface area contributed by atoms with Crippen molar-refractivity contribution in [2.24, 2.45) is 0 Å². The fourth-order valence-electron chi connectivity index (χ4n) is 2.63. The number of benzene rings is 1. The molecule has 0 spiro atoms. The molecule has 0 saturated heterocycles. The number of nitro benzene ring substituents is 1. The predicted molar refractivity (Wildman–Crippen MR) is 100 cm³/mol. The number of nitro groups is 1. The van der Waals surface area contributed by atoms with Crippen molar-refractivity contribution < 1.29 is 24.7 Å². The van der Waals surface area contributed by atoms with Crippen LogP contribution in [-0.4, -0.2) is 32.8 Å². The Kier molecular flexibility index (Phi) is 9.72. The zero-order valence-electron chi connectivity index (χ0n) is 14.9. The van der Waals surface area contributed by atoms with Gasteiger partial charge in [0.1, 0.15) is 0 Å². The summed E-state index contributed by atoms with van der Waals surface area (Å²) in [7, 11) is 0. The molecule has 0 aliphatic heterocycles. The second-order valence-corrected chi connectivity index (χ2v) is 7.19. The normalized spacial score (nSPS) is 10.7. The van der Waals surface area contributed by atoms with E-state index < -0.39 is 28.1 Å². The van der Waals surface area contributed by atoms with E-state index >= 15 is 0 Å². The van der Waals surface area contributed by atoms with Gasteiger partial charge in [-0.15, -0.1) is 11.8 Å². The van der Waals surface area contributed by atoms with Gasteiger partial charge in [-0.2, -0.15) is 0 Å². The molecule has 144 valence electrons. The highest BCUT2D eigenvalue weighted by Gasteiger charge is 2.25.